The summed E-state index contributed by atoms with van der Waals surface area (Å²) < 4.78 is 6.17. The maximum absolute atomic E-state index is 6.17. The Hall–Kier alpha value is -3.98. The highest BCUT2D eigenvalue weighted by Crippen LogP contribution is 2.35. The van der Waals surface area contributed by atoms with Crippen molar-refractivity contribution < 1.29 is 4.42 Å². The predicted molar refractivity (Wildman–Crippen MR) is 122 cm³/mol. The topological polar surface area (TPSA) is 38.9 Å². The highest BCUT2D eigenvalue weighted by molar-refractivity contribution is 6.08. The quantitative estimate of drug-likeness (QED) is 0.317. The number of aromatic nitrogens is 2. The minimum atomic E-state index is 0.670. The molecule has 0 spiro atoms. The SMILES string of the molecule is Cc1ccc2c(n1)oc1c(-c3cc(-c4ccc5ccccc5c4)ccn3)cccc12. The minimum Gasteiger partial charge on any atom is -0.437 e. The number of para-hydroxylation sites is 1. The molecule has 3 heteroatoms. The first-order valence-corrected chi connectivity index (χ1v) is 10.0. The lowest BCUT2D eigenvalue weighted by Gasteiger charge is -2.07. The molecule has 0 amide bonds. The molecule has 6 rings (SSSR count). The van der Waals surface area contributed by atoms with Crippen molar-refractivity contribution in [3.8, 4) is 22.4 Å². The Morgan fingerprint density at radius 3 is 2.50 bits per heavy atom. The lowest BCUT2D eigenvalue weighted by molar-refractivity contribution is 0.653. The maximum Gasteiger partial charge on any atom is 0.227 e. The average molecular weight is 386 g/mol. The van der Waals surface area contributed by atoms with Gasteiger partial charge in [-0.15, -0.1) is 0 Å². The van der Waals surface area contributed by atoms with Crippen LogP contribution in [0.4, 0.5) is 0 Å². The molecule has 0 unspecified atom stereocenters. The highest BCUT2D eigenvalue weighted by atomic mass is 16.3. The molecular weight excluding hydrogens is 368 g/mol. The molecule has 0 aliphatic rings. The molecule has 0 bridgehead atoms. The summed E-state index contributed by atoms with van der Waals surface area (Å²) in [6.07, 6.45) is 1.86. The van der Waals surface area contributed by atoms with Gasteiger partial charge in [-0.25, -0.2) is 4.98 Å². The van der Waals surface area contributed by atoms with Crippen LogP contribution in [0.1, 0.15) is 5.69 Å². The van der Waals surface area contributed by atoms with Gasteiger partial charge in [0.05, 0.1) is 5.69 Å². The van der Waals surface area contributed by atoms with Crippen LogP contribution in [0.2, 0.25) is 0 Å². The van der Waals surface area contributed by atoms with E-state index in [9.17, 15) is 0 Å². The smallest absolute Gasteiger partial charge is 0.227 e. The fourth-order valence-corrected chi connectivity index (χ4v) is 4.10. The fourth-order valence-electron chi connectivity index (χ4n) is 4.10. The summed E-state index contributed by atoms with van der Waals surface area (Å²) in [5.41, 5.74) is 6.61. The van der Waals surface area contributed by atoms with Crippen molar-refractivity contribution in [2.75, 3.05) is 0 Å². The zero-order valence-electron chi connectivity index (χ0n) is 16.5. The van der Waals surface area contributed by atoms with Crippen LogP contribution in [0.25, 0.3) is 55.2 Å². The molecule has 6 aromatic rings. The molecule has 3 aromatic heterocycles. The van der Waals surface area contributed by atoms with E-state index in [1.807, 2.05) is 19.2 Å². The Balaban J connectivity index is 1.53. The molecule has 142 valence electrons. The van der Waals surface area contributed by atoms with Crippen LogP contribution in [0.15, 0.2) is 95.5 Å². The summed E-state index contributed by atoms with van der Waals surface area (Å²) in [6.45, 7) is 1.97. The molecule has 0 atom stereocenters. The van der Waals surface area contributed by atoms with Gasteiger partial charge in [0.25, 0.3) is 0 Å². The largest absolute Gasteiger partial charge is 0.437 e. The highest BCUT2D eigenvalue weighted by Gasteiger charge is 2.14. The Kier molecular flexibility index (Phi) is 3.68. The van der Waals surface area contributed by atoms with Gasteiger partial charge in [-0.1, -0.05) is 48.5 Å². The van der Waals surface area contributed by atoms with Crippen LogP contribution in [0.3, 0.4) is 0 Å². The van der Waals surface area contributed by atoms with Gasteiger partial charge >= 0.3 is 0 Å². The Bertz CT molecular complexity index is 1560. The summed E-state index contributed by atoms with van der Waals surface area (Å²) in [6, 6.07) is 29.4. The van der Waals surface area contributed by atoms with E-state index in [4.69, 9.17) is 4.42 Å². The molecule has 3 heterocycles. The number of rotatable bonds is 2. The van der Waals surface area contributed by atoms with Gasteiger partial charge in [-0.2, -0.15) is 0 Å². The first kappa shape index (κ1) is 16.9. The normalized spacial score (nSPS) is 11.5. The zero-order valence-corrected chi connectivity index (χ0v) is 16.5. The second-order valence-corrected chi connectivity index (χ2v) is 7.58. The Morgan fingerprint density at radius 2 is 1.57 bits per heavy atom. The second kappa shape index (κ2) is 6.53. The van der Waals surface area contributed by atoms with Gasteiger partial charge in [-0.05, 0) is 65.2 Å². The van der Waals surface area contributed by atoms with Gasteiger partial charge in [0.15, 0.2) is 0 Å². The molecule has 0 N–H and O–H groups in total. The molecule has 0 saturated carbocycles. The van der Waals surface area contributed by atoms with Crippen molar-refractivity contribution in [1.82, 2.24) is 9.97 Å². The van der Waals surface area contributed by atoms with E-state index in [1.54, 1.807) is 0 Å². The number of hydrogen-bond acceptors (Lipinski definition) is 3. The Morgan fingerprint density at radius 1 is 0.700 bits per heavy atom. The third-order valence-corrected chi connectivity index (χ3v) is 5.62. The fraction of sp³-hybridized carbons (Fsp3) is 0.0370. The van der Waals surface area contributed by atoms with Crippen LogP contribution in [0, 0.1) is 6.92 Å². The van der Waals surface area contributed by atoms with E-state index in [0.29, 0.717) is 5.71 Å². The minimum absolute atomic E-state index is 0.670. The van der Waals surface area contributed by atoms with E-state index < -0.39 is 0 Å². The maximum atomic E-state index is 6.17. The van der Waals surface area contributed by atoms with Crippen LogP contribution >= 0.6 is 0 Å². The first-order chi connectivity index (χ1) is 14.8. The van der Waals surface area contributed by atoms with E-state index >= 15 is 0 Å². The molecule has 0 aliphatic heterocycles. The van der Waals surface area contributed by atoms with Crippen molar-refractivity contribution in [2.45, 2.75) is 6.92 Å². The lowest BCUT2D eigenvalue weighted by atomic mass is 9.99. The molecule has 3 aromatic carbocycles. The van der Waals surface area contributed by atoms with Gasteiger partial charge < -0.3 is 4.42 Å². The van der Waals surface area contributed by atoms with Crippen molar-refractivity contribution in [3.63, 3.8) is 0 Å². The van der Waals surface area contributed by atoms with Crippen LogP contribution in [-0.2, 0) is 0 Å². The third kappa shape index (κ3) is 2.67. The van der Waals surface area contributed by atoms with Crippen molar-refractivity contribution in [1.29, 1.82) is 0 Å². The number of aryl methyl sites for hydroxylation is 1. The standard InChI is InChI=1S/C27H18N2O/c1-17-9-12-23-22-7-4-8-24(26(22)30-27(23)29-17)25-16-21(13-14-28-25)20-11-10-18-5-2-3-6-19(18)15-20/h2-16H,1H3. The summed E-state index contributed by atoms with van der Waals surface area (Å²) in [5, 5.41) is 4.57. The number of furan rings is 1. The van der Waals surface area contributed by atoms with Gasteiger partial charge in [0.2, 0.25) is 5.71 Å². The van der Waals surface area contributed by atoms with E-state index in [0.717, 1.165) is 38.9 Å². The molecular formula is C27H18N2O. The molecule has 3 nitrogen and oxygen atoms in total. The molecule has 30 heavy (non-hydrogen) atoms. The average Bonchev–Trinajstić information content (AvgIpc) is 3.16. The van der Waals surface area contributed by atoms with Crippen molar-refractivity contribution >= 4 is 32.8 Å². The summed E-state index contributed by atoms with van der Waals surface area (Å²) in [4.78, 5) is 9.21. The van der Waals surface area contributed by atoms with Crippen LogP contribution < -0.4 is 0 Å². The van der Waals surface area contributed by atoms with Crippen molar-refractivity contribution in [3.05, 3.63) is 96.8 Å². The van der Waals surface area contributed by atoms with E-state index in [-0.39, 0.29) is 0 Å². The second-order valence-electron chi connectivity index (χ2n) is 7.58. The zero-order chi connectivity index (χ0) is 20.1. The van der Waals surface area contributed by atoms with E-state index in [2.05, 4.69) is 88.8 Å². The first-order valence-electron chi connectivity index (χ1n) is 10.0. The summed E-state index contributed by atoms with van der Waals surface area (Å²) in [7, 11) is 0. The number of benzene rings is 3. The van der Waals surface area contributed by atoms with Crippen molar-refractivity contribution in [2.24, 2.45) is 0 Å². The monoisotopic (exact) mass is 386 g/mol. The van der Waals surface area contributed by atoms with Gasteiger partial charge in [0.1, 0.15) is 5.58 Å². The summed E-state index contributed by atoms with van der Waals surface area (Å²) >= 11 is 0. The number of nitrogens with zero attached hydrogens (tertiary/aromatic N) is 2. The molecule has 0 radical (unpaired) electrons. The van der Waals surface area contributed by atoms with E-state index in [1.165, 1.54) is 16.3 Å². The van der Waals surface area contributed by atoms with Gasteiger partial charge in [0, 0.05) is 28.2 Å². The summed E-state index contributed by atoms with van der Waals surface area (Å²) in [5.74, 6) is 0. The number of pyridine rings is 2. The van der Waals surface area contributed by atoms with Gasteiger partial charge in [-0.3, -0.25) is 4.98 Å². The van der Waals surface area contributed by atoms with Crippen LogP contribution in [-0.4, -0.2) is 9.97 Å². The molecule has 0 fully saturated rings. The predicted octanol–water partition coefficient (Wildman–Crippen LogP) is 7.17. The molecule has 0 saturated heterocycles. The lowest BCUT2D eigenvalue weighted by Crippen LogP contribution is -1.86. The van der Waals surface area contributed by atoms with Crippen LogP contribution in [0.5, 0.6) is 0 Å². The third-order valence-electron chi connectivity index (χ3n) is 5.62. The molecule has 0 aliphatic carbocycles. The number of hydrogen-bond donors (Lipinski definition) is 0. The number of fused-ring (bicyclic) bond motifs is 4. The Labute approximate surface area is 173 Å².